The van der Waals surface area contributed by atoms with Crippen molar-refractivity contribution in [2.24, 2.45) is 4.99 Å². The molecule has 0 spiro atoms. The summed E-state index contributed by atoms with van der Waals surface area (Å²) in [6.07, 6.45) is 3.24. The van der Waals surface area contributed by atoms with Crippen LogP contribution in [0.2, 0.25) is 0 Å². The van der Waals surface area contributed by atoms with Gasteiger partial charge in [-0.2, -0.15) is 0 Å². The molecule has 0 saturated heterocycles. The second-order valence-corrected chi connectivity index (χ2v) is 8.85. The molecule has 1 aromatic heterocycles. The molecule has 36 heavy (non-hydrogen) atoms. The summed E-state index contributed by atoms with van der Waals surface area (Å²) in [6, 6.07) is 12.2. The number of hydrogen-bond donors (Lipinski definition) is 0. The van der Waals surface area contributed by atoms with Gasteiger partial charge in [0.15, 0.2) is 16.3 Å². The van der Waals surface area contributed by atoms with Crippen molar-refractivity contribution in [1.82, 2.24) is 4.57 Å². The molecule has 0 aliphatic carbocycles. The third-order valence-corrected chi connectivity index (χ3v) is 6.66. The fourth-order valence-electron chi connectivity index (χ4n) is 4.08. The quantitative estimate of drug-likeness (QED) is 0.345. The largest absolute Gasteiger partial charge is 0.493 e. The number of ether oxygens (including phenoxy) is 4. The molecule has 1 aliphatic heterocycles. The average Bonchev–Trinajstić information content (AvgIpc) is 3.20. The van der Waals surface area contributed by atoms with Gasteiger partial charge in [-0.05, 0) is 36.3 Å². The van der Waals surface area contributed by atoms with Crippen LogP contribution in [-0.2, 0) is 9.53 Å². The van der Waals surface area contributed by atoms with Crippen LogP contribution >= 0.6 is 11.3 Å². The van der Waals surface area contributed by atoms with Crippen molar-refractivity contribution in [2.75, 3.05) is 27.9 Å². The van der Waals surface area contributed by atoms with Crippen LogP contribution in [-0.4, -0.2) is 38.5 Å². The third kappa shape index (κ3) is 4.57. The minimum Gasteiger partial charge on any atom is -0.493 e. The van der Waals surface area contributed by atoms with Crippen LogP contribution in [0.25, 0.3) is 6.08 Å². The van der Waals surface area contributed by atoms with Gasteiger partial charge in [0.2, 0.25) is 5.75 Å². The Morgan fingerprint density at radius 2 is 1.78 bits per heavy atom. The number of benzene rings is 2. The van der Waals surface area contributed by atoms with E-state index in [2.05, 4.69) is 11.6 Å². The van der Waals surface area contributed by atoms with Crippen molar-refractivity contribution >= 4 is 23.4 Å². The molecular weight excluding hydrogens is 480 g/mol. The number of nitrogens with zero attached hydrogens (tertiary/aromatic N) is 2. The summed E-state index contributed by atoms with van der Waals surface area (Å²) in [5.74, 6) is 0.868. The molecular formula is C27H26N2O6S. The molecule has 2 heterocycles. The Morgan fingerprint density at radius 3 is 2.36 bits per heavy atom. The summed E-state index contributed by atoms with van der Waals surface area (Å²) in [7, 11) is 4.59. The lowest BCUT2D eigenvalue weighted by Crippen LogP contribution is -2.39. The predicted octanol–water partition coefficient (Wildman–Crippen LogP) is 2.99. The van der Waals surface area contributed by atoms with Crippen molar-refractivity contribution in [2.45, 2.75) is 13.0 Å². The van der Waals surface area contributed by atoms with Crippen molar-refractivity contribution in [3.05, 3.63) is 97.2 Å². The van der Waals surface area contributed by atoms with E-state index in [1.165, 1.54) is 38.7 Å². The van der Waals surface area contributed by atoms with E-state index in [1.807, 2.05) is 30.3 Å². The highest BCUT2D eigenvalue weighted by Crippen LogP contribution is 2.38. The number of carbonyl (C=O) groups excluding carboxylic acids is 1. The number of thiazole rings is 1. The number of fused-ring (bicyclic) bond motifs is 1. The van der Waals surface area contributed by atoms with Crippen molar-refractivity contribution in [3.8, 4) is 17.2 Å². The number of aromatic nitrogens is 1. The van der Waals surface area contributed by atoms with Crippen LogP contribution in [0, 0.1) is 0 Å². The van der Waals surface area contributed by atoms with Gasteiger partial charge in [0.1, 0.15) is 6.61 Å². The number of allylic oxidation sites excluding steroid dienone is 1. The standard InChI is InChI=1S/C27H26N2O6S/c1-6-12-35-26(31)22-16(2)28-27-29(23(22)18-10-8-7-9-11-18)25(30)21(36-27)15-17-13-19(32-3)24(34-5)20(14-17)33-4/h6-11,13-15,23H,1,12H2,2-5H3/b21-15+/t23-/m1/s1. The fourth-order valence-corrected chi connectivity index (χ4v) is 5.13. The zero-order valence-corrected chi connectivity index (χ0v) is 21.3. The number of carbonyl (C=O) groups is 1. The van der Waals surface area contributed by atoms with Crippen molar-refractivity contribution < 1.29 is 23.7 Å². The maximum absolute atomic E-state index is 13.7. The molecule has 4 rings (SSSR count). The molecule has 3 aromatic rings. The molecule has 2 aromatic carbocycles. The minimum absolute atomic E-state index is 0.0582. The van der Waals surface area contributed by atoms with Gasteiger partial charge in [0, 0.05) is 0 Å². The molecule has 0 saturated carbocycles. The lowest BCUT2D eigenvalue weighted by atomic mass is 9.96. The summed E-state index contributed by atoms with van der Waals surface area (Å²) in [5, 5.41) is 0. The number of hydrogen-bond acceptors (Lipinski definition) is 8. The zero-order chi connectivity index (χ0) is 25.8. The first-order valence-electron chi connectivity index (χ1n) is 11.1. The molecule has 0 amide bonds. The summed E-state index contributed by atoms with van der Waals surface area (Å²) >= 11 is 1.24. The molecule has 0 bridgehead atoms. The Bertz CT molecular complexity index is 1490. The normalized spacial score (nSPS) is 15.1. The van der Waals surface area contributed by atoms with Crippen LogP contribution in [0.3, 0.4) is 0 Å². The molecule has 0 N–H and O–H groups in total. The van der Waals surface area contributed by atoms with E-state index >= 15 is 0 Å². The maximum Gasteiger partial charge on any atom is 0.338 e. The number of rotatable bonds is 8. The van der Waals surface area contributed by atoms with Crippen molar-refractivity contribution in [3.63, 3.8) is 0 Å². The van der Waals surface area contributed by atoms with Crippen LogP contribution in [0.5, 0.6) is 17.2 Å². The highest BCUT2D eigenvalue weighted by atomic mass is 32.1. The Morgan fingerprint density at radius 1 is 1.11 bits per heavy atom. The van der Waals surface area contributed by atoms with E-state index < -0.39 is 12.0 Å². The van der Waals surface area contributed by atoms with Crippen LogP contribution in [0.4, 0.5) is 0 Å². The van der Waals surface area contributed by atoms with Gasteiger partial charge < -0.3 is 18.9 Å². The van der Waals surface area contributed by atoms with Gasteiger partial charge in [0.05, 0.1) is 43.2 Å². The SMILES string of the molecule is C=CCOC(=O)C1=C(C)N=c2s/c(=C/c3cc(OC)c(OC)c(OC)c3)c(=O)n2[C@@H]1c1ccccc1. The van der Waals surface area contributed by atoms with Gasteiger partial charge in [-0.3, -0.25) is 9.36 Å². The minimum atomic E-state index is -0.679. The molecule has 0 unspecified atom stereocenters. The van der Waals surface area contributed by atoms with E-state index in [-0.39, 0.29) is 12.2 Å². The molecule has 0 radical (unpaired) electrons. The van der Waals surface area contributed by atoms with Crippen LogP contribution in [0.15, 0.2) is 76.2 Å². The lowest BCUT2D eigenvalue weighted by Gasteiger charge is -2.24. The van der Waals surface area contributed by atoms with Gasteiger partial charge in [-0.25, -0.2) is 9.79 Å². The summed E-state index contributed by atoms with van der Waals surface area (Å²) in [4.78, 5) is 31.8. The Kier molecular flexibility index (Phi) is 7.40. The number of esters is 1. The monoisotopic (exact) mass is 506 g/mol. The maximum atomic E-state index is 13.7. The molecule has 1 atom stereocenters. The second-order valence-electron chi connectivity index (χ2n) is 7.84. The first-order valence-corrected chi connectivity index (χ1v) is 11.9. The van der Waals surface area contributed by atoms with E-state index in [4.69, 9.17) is 18.9 Å². The fraction of sp³-hybridized carbons (Fsp3) is 0.222. The first-order chi connectivity index (χ1) is 17.4. The second kappa shape index (κ2) is 10.7. The molecule has 1 aliphatic rings. The van der Waals surface area contributed by atoms with E-state index in [1.54, 1.807) is 29.7 Å². The van der Waals surface area contributed by atoms with Crippen LogP contribution in [0.1, 0.15) is 24.1 Å². The van der Waals surface area contributed by atoms with Crippen molar-refractivity contribution in [1.29, 1.82) is 0 Å². The topological polar surface area (TPSA) is 88.4 Å². The molecule has 186 valence electrons. The van der Waals surface area contributed by atoms with E-state index in [9.17, 15) is 9.59 Å². The Hall–Kier alpha value is -4.11. The first kappa shape index (κ1) is 25.0. The number of methoxy groups -OCH3 is 3. The Balaban J connectivity index is 1.92. The third-order valence-electron chi connectivity index (χ3n) is 5.67. The highest BCUT2D eigenvalue weighted by Gasteiger charge is 2.33. The summed E-state index contributed by atoms with van der Waals surface area (Å²) < 4.78 is 23.6. The molecule has 8 nitrogen and oxygen atoms in total. The predicted molar refractivity (Wildman–Crippen MR) is 137 cm³/mol. The van der Waals surface area contributed by atoms with Crippen LogP contribution < -0.4 is 29.1 Å². The zero-order valence-electron chi connectivity index (χ0n) is 20.4. The van der Waals surface area contributed by atoms with E-state index in [0.29, 0.717) is 43.4 Å². The summed E-state index contributed by atoms with van der Waals surface area (Å²) in [5.41, 5.74) is 2.00. The van der Waals surface area contributed by atoms with E-state index in [0.717, 1.165) is 5.56 Å². The van der Waals surface area contributed by atoms with Gasteiger partial charge in [-0.1, -0.05) is 54.3 Å². The molecule has 0 fully saturated rings. The summed E-state index contributed by atoms with van der Waals surface area (Å²) in [6.45, 7) is 5.41. The molecule has 9 heteroatoms. The smallest absolute Gasteiger partial charge is 0.338 e. The average molecular weight is 507 g/mol. The van der Waals surface area contributed by atoms with Gasteiger partial charge >= 0.3 is 5.97 Å². The highest BCUT2D eigenvalue weighted by molar-refractivity contribution is 7.07. The van der Waals surface area contributed by atoms with Gasteiger partial charge in [0.25, 0.3) is 5.56 Å². The van der Waals surface area contributed by atoms with Gasteiger partial charge in [-0.15, -0.1) is 0 Å². The lowest BCUT2D eigenvalue weighted by molar-refractivity contribution is -0.138. The Labute approximate surface area is 212 Å².